The lowest BCUT2D eigenvalue weighted by molar-refractivity contribution is 0.391. The number of halogens is 3. The van der Waals surface area contributed by atoms with Crippen LogP contribution in [0.5, 0.6) is 0 Å². The van der Waals surface area contributed by atoms with E-state index < -0.39 is 15.6 Å². The van der Waals surface area contributed by atoms with Gasteiger partial charge in [-0.15, -0.1) is 12.4 Å². The van der Waals surface area contributed by atoms with Crippen molar-refractivity contribution in [2.75, 3.05) is 6.54 Å². The summed E-state index contributed by atoms with van der Waals surface area (Å²) in [4.78, 5) is 0.120. The Morgan fingerprint density at radius 3 is 2.40 bits per heavy atom. The van der Waals surface area contributed by atoms with Crippen molar-refractivity contribution in [2.24, 2.45) is 5.73 Å². The van der Waals surface area contributed by atoms with E-state index in [4.69, 9.17) is 17.3 Å². The SMILES string of the molecule is CCC(N)(CC)CNS(=O)(=O)c1cccc(Cl)c1Br.Cl. The fraction of sp³-hybridized carbons (Fsp3) is 0.500. The quantitative estimate of drug-likeness (QED) is 0.762. The Bertz CT molecular complexity index is 548. The van der Waals surface area contributed by atoms with Crippen molar-refractivity contribution in [2.45, 2.75) is 37.1 Å². The summed E-state index contributed by atoms with van der Waals surface area (Å²) >= 11 is 9.09. The molecule has 0 aromatic heterocycles. The number of nitrogens with one attached hydrogen (secondary N) is 1. The number of benzene rings is 1. The molecule has 1 rings (SSSR count). The molecule has 1 aromatic carbocycles. The maximum atomic E-state index is 12.2. The van der Waals surface area contributed by atoms with Crippen molar-refractivity contribution < 1.29 is 8.42 Å². The first kappa shape index (κ1) is 20.1. The third-order valence-electron chi connectivity index (χ3n) is 3.23. The van der Waals surface area contributed by atoms with Crippen LogP contribution in [0.2, 0.25) is 5.02 Å². The monoisotopic (exact) mass is 404 g/mol. The molecule has 3 N–H and O–H groups in total. The number of rotatable bonds is 6. The molecular weight excluding hydrogens is 387 g/mol. The molecule has 0 saturated carbocycles. The smallest absolute Gasteiger partial charge is 0.241 e. The Morgan fingerprint density at radius 1 is 1.35 bits per heavy atom. The number of sulfonamides is 1. The van der Waals surface area contributed by atoms with Gasteiger partial charge < -0.3 is 5.73 Å². The summed E-state index contributed by atoms with van der Waals surface area (Å²) in [6.45, 7) is 4.07. The van der Waals surface area contributed by atoms with Crippen LogP contribution in [0.1, 0.15) is 26.7 Å². The first-order valence-corrected chi connectivity index (χ1v) is 8.63. The highest BCUT2D eigenvalue weighted by atomic mass is 79.9. The van der Waals surface area contributed by atoms with Gasteiger partial charge in [0, 0.05) is 12.1 Å². The van der Waals surface area contributed by atoms with Crippen molar-refractivity contribution in [1.82, 2.24) is 4.72 Å². The molecule has 0 atom stereocenters. The third kappa shape index (κ3) is 4.86. The van der Waals surface area contributed by atoms with E-state index in [9.17, 15) is 8.42 Å². The third-order valence-corrected chi connectivity index (χ3v) is 6.33. The van der Waals surface area contributed by atoms with E-state index >= 15 is 0 Å². The molecule has 0 aliphatic rings. The molecule has 0 amide bonds. The Labute approximate surface area is 140 Å². The van der Waals surface area contributed by atoms with Crippen molar-refractivity contribution in [3.8, 4) is 0 Å². The first-order chi connectivity index (χ1) is 8.75. The van der Waals surface area contributed by atoms with Crippen molar-refractivity contribution in [3.05, 3.63) is 27.7 Å². The fourth-order valence-corrected chi connectivity index (χ4v) is 3.88. The topological polar surface area (TPSA) is 72.2 Å². The second kappa shape index (κ2) is 7.96. The lowest BCUT2D eigenvalue weighted by atomic mass is 9.95. The standard InChI is InChI=1S/C12H18BrClN2O2S.ClH/c1-3-12(15,4-2)8-16-19(17,18)10-7-5-6-9(14)11(10)13;/h5-7,16H,3-4,8,15H2,1-2H3;1H. The summed E-state index contributed by atoms with van der Waals surface area (Å²) in [7, 11) is -3.63. The molecule has 0 bridgehead atoms. The molecule has 0 radical (unpaired) electrons. The Hall–Kier alpha value is 0.150. The predicted octanol–water partition coefficient (Wildman–Crippen LogP) is 3.32. The second-order valence-corrected chi connectivity index (χ2v) is 7.38. The zero-order chi connectivity index (χ0) is 14.7. The number of hydrogen-bond acceptors (Lipinski definition) is 3. The maximum absolute atomic E-state index is 12.2. The van der Waals surface area contributed by atoms with Crippen LogP contribution in [-0.2, 0) is 10.0 Å². The van der Waals surface area contributed by atoms with Crippen LogP contribution in [0.25, 0.3) is 0 Å². The largest absolute Gasteiger partial charge is 0.324 e. The minimum Gasteiger partial charge on any atom is -0.324 e. The summed E-state index contributed by atoms with van der Waals surface area (Å²) in [5, 5.41) is 0.355. The molecule has 20 heavy (non-hydrogen) atoms. The minimum atomic E-state index is -3.63. The molecule has 4 nitrogen and oxygen atoms in total. The van der Waals surface area contributed by atoms with Crippen LogP contribution in [0.3, 0.4) is 0 Å². The summed E-state index contributed by atoms with van der Waals surface area (Å²) in [5.41, 5.74) is 5.56. The molecule has 0 fully saturated rings. The minimum absolute atomic E-state index is 0. The zero-order valence-corrected chi connectivity index (χ0v) is 15.3. The molecular formula is C12H19BrCl2N2O2S. The molecule has 0 unspecified atom stereocenters. The molecule has 0 heterocycles. The van der Waals surface area contributed by atoms with E-state index in [-0.39, 0.29) is 23.8 Å². The molecule has 0 saturated heterocycles. The lowest BCUT2D eigenvalue weighted by Crippen LogP contribution is -2.49. The van der Waals surface area contributed by atoms with Crippen molar-refractivity contribution >= 4 is 50.0 Å². The van der Waals surface area contributed by atoms with Gasteiger partial charge in [-0.2, -0.15) is 0 Å². The van der Waals surface area contributed by atoms with Crippen LogP contribution in [0.15, 0.2) is 27.6 Å². The lowest BCUT2D eigenvalue weighted by Gasteiger charge is -2.26. The van der Waals surface area contributed by atoms with Crippen LogP contribution >= 0.6 is 39.9 Å². The van der Waals surface area contributed by atoms with E-state index in [1.165, 1.54) is 6.07 Å². The van der Waals surface area contributed by atoms with Gasteiger partial charge in [-0.05, 0) is 40.9 Å². The maximum Gasteiger partial charge on any atom is 0.241 e. The second-order valence-electron chi connectivity index (χ2n) is 4.45. The predicted molar refractivity (Wildman–Crippen MR) is 89.1 cm³/mol. The molecule has 8 heteroatoms. The van der Waals surface area contributed by atoms with Gasteiger partial charge in [0.05, 0.1) is 14.4 Å². The fourth-order valence-electron chi connectivity index (χ4n) is 1.51. The highest BCUT2D eigenvalue weighted by Crippen LogP contribution is 2.29. The van der Waals surface area contributed by atoms with Gasteiger partial charge in [-0.25, -0.2) is 13.1 Å². The molecule has 0 aliphatic carbocycles. The van der Waals surface area contributed by atoms with Gasteiger partial charge in [-0.3, -0.25) is 0 Å². The molecule has 0 spiro atoms. The number of nitrogens with two attached hydrogens (primary N) is 1. The Kier molecular flexibility index (Phi) is 8.02. The van der Waals surface area contributed by atoms with Gasteiger partial charge in [0.25, 0.3) is 0 Å². The molecule has 116 valence electrons. The highest BCUT2D eigenvalue weighted by Gasteiger charge is 2.25. The van der Waals surface area contributed by atoms with Crippen molar-refractivity contribution in [1.29, 1.82) is 0 Å². The highest BCUT2D eigenvalue weighted by molar-refractivity contribution is 9.10. The molecule has 0 aliphatic heterocycles. The first-order valence-electron chi connectivity index (χ1n) is 5.98. The van der Waals surface area contributed by atoms with Crippen molar-refractivity contribution in [3.63, 3.8) is 0 Å². The zero-order valence-electron chi connectivity index (χ0n) is 11.3. The summed E-state index contributed by atoms with van der Waals surface area (Å²) in [6.07, 6.45) is 1.39. The van der Waals surface area contributed by atoms with Gasteiger partial charge in [0.1, 0.15) is 0 Å². The summed E-state index contributed by atoms with van der Waals surface area (Å²) in [5.74, 6) is 0. The average Bonchev–Trinajstić information content (AvgIpc) is 2.39. The van der Waals surface area contributed by atoms with Gasteiger partial charge in [-0.1, -0.05) is 31.5 Å². The van der Waals surface area contributed by atoms with E-state index in [1.54, 1.807) is 12.1 Å². The summed E-state index contributed by atoms with van der Waals surface area (Å²) in [6, 6.07) is 4.71. The van der Waals surface area contributed by atoms with Gasteiger partial charge in [0.2, 0.25) is 10.0 Å². The Morgan fingerprint density at radius 2 is 1.90 bits per heavy atom. The molecule has 1 aromatic rings. The van der Waals surface area contributed by atoms with E-state index in [0.29, 0.717) is 22.3 Å². The Balaban J connectivity index is 0.00000361. The summed E-state index contributed by atoms with van der Waals surface area (Å²) < 4.78 is 27.4. The van der Waals surface area contributed by atoms with E-state index in [1.807, 2.05) is 13.8 Å². The van der Waals surface area contributed by atoms with Crippen LogP contribution in [0.4, 0.5) is 0 Å². The average molecular weight is 406 g/mol. The van der Waals surface area contributed by atoms with Gasteiger partial charge in [0.15, 0.2) is 0 Å². The number of hydrogen-bond donors (Lipinski definition) is 2. The van der Waals surface area contributed by atoms with E-state index in [2.05, 4.69) is 20.7 Å². The van der Waals surface area contributed by atoms with Crippen LogP contribution < -0.4 is 10.5 Å². The van der Waals surface area contributed by atoms with Crippen LogP contribution in [0, 0.1) is 0 Å². The van der Waals surface area contributed by atoms with Gasteiger partial charge >= 0.3 is 0 Å². The van der Waals surface area contributed by atoms with E-state index in [0.717, 1.165) is 0 Å². The normalized spacial score (nSPS) is 12.1. The van der Waals surface area contributed by atoms with Crippen LogP contribution in [-0.4, -0.2) is 20.5 Å².